The van der Waals surface area contributed by atoms with Crippen molar-refractivity contribution in [2.75, 3.05) is 13.7 Å². The Hall–Kier alpha value is -2.12. The molecule has 5 nitrogen and oxygen atoms in total. The van der Waals surface area contributed by atoms with Gasteiger partial charge in [0.05, 0.1) is 18.1 Å². The second-order valence-corrected chi connectivity index (χ2v) is 7.88. The second-order valence-electron chi connectivity index (χ2n) is 6.11. The van der Waals surface area contributed by atoms with Crippen LogP contribution in [0, 0.1) is 5.82 Å². The number of methoxy groups -OCH3 is 1. The van der Waals surface area contributed by atoms with Gasteiger partial charge in [-0.25, -0.2) is 17.5 Å². The number of sulfonamides is 1. The second kappa shape index (κ2) is 9.00. The topological polar surface area (TPSA) is 64.6 Å². The van der Waals surface area contributed by atoms with E-state index in [-0.39, 0.29) is 23.3 Å². The van der Waals surface area contributed by atoms with Crippen LogP contribution in [0.2, 0.25) is 0 Å². The Kier molecular flexibility index (Phi) is 6.99. The van der Waals surface area contributed by atoms with Gasteiger partial charge in [0.25, 0.3) is 0 Å². The molecule has 0 heterocycles. The van der Waals surface area contributed by atoms with Crippen LogP contribution in [0.25, 0.3) is 0 Å². The van der Waals surface area contributed by atoms with Crippen LogP contribution in [0.1, 0.15) is 25.8 Å². The van der Waals surface area contributed by atoms with E-state index in [4.69, 9.17) is 9.47 Å². The van der Waals surface area contributed by atoms with E-state index in [0.717, 1.165) is 23.8 Å². The van der Waals surface area contributed by atoms with Gasteiger partial charge < -0.3 is 9.47 Å². The quantitative estimate of drug-likeness (QED) is 0.675. The van der Waals surface area contributed by atoms with E-state index in [1.54, 1.807) is 0 Å². The van der Waals surface area contributed by atoms with Gasteiger partial charge in [-0.2, -0.15) is 0 Å². The average Bonchev–Trinajstić information content (AvgIpc) is 2.59. The van der Waals surface area contributed by atoms with Gasteiger partial charge in [0.2, 0.25) is 10.0 Å². The van der Waals surface area contributed by atoms with Gasteiger partial charge in [0.1, 0.15) is 5.75 Å². The van der Waals surface area contributed by atoms with Crippen LogP contribution in [0.5, 0.6) is 11.5 Å². The summed E-state index contributed by atoms with van der Waals surface area (Å²) in [6.45, 7) is 4.20. The molecule has 0 unspecified atom stereocenters. The molecule has 0 fully saturated rings. The lowest BCUT2D eigenvalue weighted by Gasteiger charge is -2.10. The Balaban J connectivity index is 1.85. The van der Waals surface area contributed by atoms with Crippen LogP contribution < -0.4 is 14.2 Å². The zero-order chi connectivity index (χ0) is 19.2. The molecule has 1 N–H and O–H groups in total. The summed E-state index contributed by atoms with van der Waals surface area (Å²) in [5.41, 5.74) is 1.09. The van der Waals surface area contributed by atoms with E-state index in [0.29, 0.717) is 6.42 Å². The predicted molar refractivity (Wildman–Crippen MR) is 98.7 cm³/mol. The van der Waals surface area contributed by atoms with Gasteiger partial charge in [0.15, 0.2) is 11.6 Å². The predicted octanol–water partition coefficient (Wildman–Crippen LogP) is 3.53. The van der Waals surface area contributed by atoms with Crippen LogP contribution >= 0.6 is 0 Å². The molecule has 2 aromatic carbocycles. The van der Waals surface area contributed by atoms with Crippen molar-refractivity contribution in [1.29, 1.82) is 0 Å². The van der Waals surface area contributed by atoms with E-state index in [9.17, 15) is 12.8 Å². The number of benzene rings is 2. The minimum absolute atomic E-state index is 0.00819. The number of nitrogens with one attached hydrogen (secondary N) is 1. The Labute approximate surface area is 154 Å². The summed E-state index contributed by atoms with van der Waals surface area (Å²) in [7, 11) is -2.42. The number of aryl methyl sites for hydroxylation is 1. The molecule has 26 heavy (non-hydrogen) atoms. The van der Waals surface area contributed by atoms with Crippen molar-refractivity contribution < 1.29 is 22.3 Å². The summed E-state index contributed by atoms with van der Waals surface area (Å²) in [5.74, 6) is 0.110. The number of hydrogen-bond acceptors (Lipinski definition) is 4. The molecule has 0 bridgehead atoms. The van der Waals surface area contributed by atoms with Crippen LogP contribution in [0.15, 0.2) is 47.4 Å². The first-order chi connectivity index (χ1) is 12.3. The molecule has 0 saturated carbocycles. The fraction of sp³-hybridized carbons (Fsp3) is 0.368. The molecule has 2 aromatic rings. The summed E-state index contributed by atoms with van der Waals surface area (Å²) < 4.78 is 51.0. The third kappa shape index (κ3) is 5.71. The van der Waals surface area contributed by atoms with Crippen molar-refractivity contribution in [3.05, 3.63) is 53.8 Å². The lowest BCUT2D eigenvalue weighted by molar-refractivity contribution is 0.242. The van der Waals surface area contributed by atoms with E-state index in [1.807, 2.05) is 38.1 Å². The van der Waals surface area contributed by atoms with E-state index >= 15 is 0 Å². The molecule has 0 aliphatic carbocycles. The largest absolute Gasteiger partial charge is 0.494 e. The molecule has 0 saturated heterocycles. The van der Waals surface area contributed by atoms with Crippen LogP contribution in [0.3, 0.4) is 0 Å². The van der Waals surface area contributed by atoms with Crippen LogP contribution in [-0.4, -0.2) is 28.2 Å². The van der Waals surface area contributed by atoms with Crippen molar-refractivity contribution in [2.24, 2.45) is 0 Å². The van der Waals surface area contributed by atoms with Crippen molar-refractivity contribution in [1.82, 2.24) is 4.72 Å². The van der Waals surface area contributed by atoms with Crippen molar-refractivity contribution >= 4 is 10.0 Å². The minimum Gasteiger partial charge on any atom is -0.494 e. The summed E-state index contributed by atoms with van der Waals surface area (Å²) in [5, 5.41) is 0. The fourth-order valence-corrected chi connectivity index (χ4v) is 3.49. The zero-order valence-corrected chi connectivity index (χ0v) is 16.0. The Bertz CT molecular complexity index is 820. The lowest BCUT2D eigenvalue weighted by atomic mass is 10.1. The van der Waals surface area contributed by atoms with Crippen LogP contribution in [0.4, 0.5) is 4.39 Å². The highest BCUT2D eigenvalue weighted by atomic mass is 32.2. The molecule has 142 valence electrons. The standard InChI is InChI=1S/C19H24FNO4S/c1-14(2)25-16-8-6-15(7-9-16)5-4-12-21-26(22,23)17-10-11-19(24-3)18(20)13-17/h6-11,13-14,21H,4-5,12H2,1-3H3. The fourth-order valence-electron chi connectivity index (χ4n) is 2.40. The zero-order valence-electron chi connectivity index (χ0n) is 15.2. The first-order valence-electron chi connectivity index (χ1n) is 8.40. The maximum absolute atomic E-state index is 13.7. The first-order valence-corrected chi connectivity index (χ1v) is 9.89. The highest BCUT2D eigenvalue weighted by molar-refractivity contribution is 7.89. The van der Waals surface area contributed by atoms with Crippen molar-refractivity contribution in [2.45, 2.75) is 37.7 Å². The molecule has 0 spiro atoms. The smallest absolute Gasteiger partial charge is 0.240 e. The monoisotopic (exact) mass is 381 g/mol. The van der Waals surface area contributed by atoms with Gasteiger partial charge in [0, 0.05) is 6.54 Å². The summed E-state index contributed by atoms with van der Waals surface area (Å²) in [4.78, 5) is -0.119. The lowest BCUT2D eigenvalue weighted by Crippen LogP contribution is -2.25. The minimum atomic E-state index is -3.75. The van der Waals surface area contributed by atoms with Gasteiger partial charge in [-0.15, -0.1) is 0 Å². The molecular formula is C19H24FNO4S. The Morgan fingerprint density at radius 1 is 1.12 bits per heavy atom. The Morgan fingerprint density at radius 2 is 1.81 bits per heavy atom. The maximum Gasteiger partial charge on any atom is 0.240 e. The highest BCUT2D eigenvalue weighted by Gasteiger charge is 2.16. The summed E-state index contributed by atoms with van der Waals surface area (Å²) >= 11 is 0. The molecule has 0 aromatic heterocycles. The molecule has 2 rings (SSSR count). The van der Waals surface area contributed by atoms with Gasteiger partial charge >= 0.3 is 0 Å². The number of hydrogen-bond donors (Lipinski definition) is 1. The third-order valence-corrected chi connectivity index (χ3v) is 5.12. The van der Waals surface area contributed by atoms with Crippen molar-refractivity contribution in [3.63, 3.8) is 0 Å². The number of ether oxygens (including phenoxy) is 2. The van der Waals surface area contributed by atoms with Gasteiger partial charge in [-0.3, -0.25) is 0 Å². The molecule has 0 aliphatic heterocycles. The number of rotatable bonds is 9. The molecule has 7 heteroatoms. The SMILES string of the molecule is COc1ccc(S(=O)(=O)NCCCc2ccc(OC(C)C)cc2)cc1F. The summed E-state index contributed by atoms with van der Waals surface area (Å²) in [6.07, 6.45) is 1.47. The molecule has 0 aliphatic rings. The van der Waals surface area contributed by atoms with Gasteiger partial charge in [-0.05, 0) is 62.6 Å². The molecule has 0 atom stereocenters. The van der Waals surface area contributed by atoms with E-state index < -0.39 is 15.8 Å². The highest BCUT2D eigenvalue weighted by Crippen LogP contribution is 2.20. The Morgan fingerprint density at radius 3 is 2.38 bits per heavy atom. The summed E-state index contributed by atoms with van der Waals surface area (Å²) in [6, 6.07) is 11.3. The van der Waals surface area contributed by atoms with Crippen LogP contribution in [-0.2, 0) is 16.4 Å². The maximum atomic E-state index is 13.7. The molecule has 0 radical (unpaired) electrons. The molecular weight excluding hydrogens is 357 g/mol. The average molecular weight is 381 g/mol. The molecule has 0 amide bonds. The van der Waals surface area contributed by atoms with Crippen molar-refractivity contribution in [3.8, 4) is 11.5 Å². The first kappa shape index (κ1) is 20.2. The normalized spacial score (nSPS) is 11.6. The number of halogens is 1. The van der Waals surface area contributed by atoms with E-state index in [2.05, 4.69) is 4.72 Å². The third-order valence-electron chi connectivity index (χ3n) is 3.66. The van der Waals surface area contributed by atoms with E-state index in [1.165, 1.54) is 19.2 Å². The van der Waals surface area contributed by atoms with Gasteiger partial charge in [-0.1, -0.05) is 12.1 Å².